The second-order valence-electron chi connectivity index (χ2n) is 8.20. The predicted molar refractivity (Wildman–Crippen MR) is 122 cm³/mol. The number of amides is 1. The highest BCUT2D eigenvalue weighted by Gasteiger charge is 2.54. The quantitative estimate of drug-likeness (QED) is 0.522. The lowest BCUT2D eigenvalue weighted by Crippen LogP contribution is -2.54. The van der Waals surface area contributed by atoms with E-state index in [-0.39, 0.29) is 17.1 Å². The summed E-state index contributed by atoms with van der Waals surface area (Å²) in [5, 5.41) is 1.89. The third-order valence-electron chi connectivity index (χ3n) is 6.12. The van der Waals surface area contributed by atoms with E-state index in [1.165, 1.54) is 24.4 Å². The fraction of sp³-hybridized carbons (Fsp3) is 0.381. The zero-order chi connectivity index (χ0) is 22.6. The van der Waals surface area contributed by atoms with Gasteiger partial charge < -0.3 is 11.1 Å². The van der Waals surface area contributed by atoms with Crippen LogP contribution in [-0.2, 0) is 5.54 Å². The number of carbonyl (C=O) groups excluding carboxylic acids is 1. The van der Waals surface area contributed by atoms with E-state index in [0.717, 1.165) is 6.42 Å². The Labute approximate surface area is 186 Å². The summed E-state index contributed by atoms with van der Waals surface area (Å²) in [6.45, 7) is 3.38. The molecule has 1 aromatic heterocycles. The molecule has 1 aromatic carbocycles. The molecule has 31 heavy (non-hydrogen) atoms. The van der Waals surface area contributed by atoms with E-state index in [1.807, 2.05) is 0 Å². The number of benzene rings is 1. The lowest BCUT2D eigenvalue weighted by Gasteiger charge is -2.57. The molecule has 4 rings (SSSR count). The van der Waals surface area contributed by atoms with Gasteiger partial charge in [0.1, 0.15) is 28.1 Å². The fourth-order valence-corrected chi connectivity index (χ4v) is 7.48. The first-order valence-electron chi connectivity index (χ1n) is 9.88. The number of fused-ring (bicyclic) bond motifs is 2. The number of hydrogen-bond acceptors (Lipinski definition) is 6. The molecule has 2 aromatic rings. The molecule has 0 aliphatic carbocycles. The number of carbonyl (C=O) groups is 1. The van der Waals surface area contributed by atoms with Crippen LogP contribution in [0.25, 0.3) is 0 Å². The van der Waals surface area contributed by atoms with E-state index in [4.69, 9.17) is 17.3 Å². The highest BCUT2D eigenvalue weighted by Crippen LogP contribution is 2.64. The number of nitrogens with two attached hydrogens (primary N) is 1. The van der Waals surface area contributed by atoms with Gasteiger partial charge in [-0.3, -0.25) is 18.9 Å². The van der Waals surface area contributed by atoms with Crippen molar-refractivity contribution < 1.29 is 18.3 Å². The van der Waals surface area contributed by atoms with Crippen LogP contribution in [0.2, 0.25) is 5.02 Å². The first-order chi connectivity index (χ1) is 14.5. The molecule has 5 N–H and O–H groups in total. The number of aliphatic imine (C=N–C) groups is 1. The summed E-state index contributed by atoms with van der Waals surface area (Å²) in [5.41, 5.74) is 6.11. The van der Waals surface area contributed by atoms with Crippen molar-refractivity contribution >= 4 is 39.6 Å². The Bertz CT molecular complexity index is 1100. The fourth-order valence-electron chi connectivity index (χ4n) is 4.58. The van der Waals surface area contributed by atoms with Gasteiger partial charge in [0, 0.05) is 17.4 Å². The molecule has 1 amide bonds. The standard InChI is InChI=1S/C21H24ClFN4O3S/c1-11-8-12(22)10-25-18(11)20(28)26-13-6-7-15(23)14(9-13)21(2)17-5-3-4-16(19(24)27-21)31(17,29)30/h6-10,16-17,29-30H,3-5H2,1-2H3,(H2,24,27)(H,26,28)/t16-,17-,21-/m1/s1. The molecule has 1 saturated heterocycles. The minimum atomic E-state index is -3.11. The summed E-state index contributed by atoms with van der Waals surface area (Å²) in [6.07, 6.45) is 3.17. The maximum absolute atomic E-state index is 15.0. The summed E-state index contributed by atoms with van der Waals surface area (Å²) in [7, 11) is -3.11. The summed E-state index contributed by atoms with van der Waals surface area (Å²) in [6, 6.07) is 5.76. The van der Waals surface area contributed by atoms with Crippen molar-refractivity contribution in [3.05, 3.63) is 58.1 Å². The number of halogens is 2. The second kappa shape index (κ2) is 7.74. The molecule has 3 heterocycles. The summed E-state index contributed by atoms with van der Waals surface area (Å²) in [4.78, 5) is 21.3. The van der Waals surface area contributed by atoms with Crippen LogP contribution in [0.15, 0.2) is 35.5 Å². The molecular formula is C21H24ClFN4O3S. The van der Waals surface area contributed by atoms with Gasteiger partial charge in [-0.25, -0.2) is 9.37 Å². The third-order valence-corrected chi connectivity index (χ3v) is 9.17. The van der Waals surface area contributed by atoms with Gasteiger partial charge in [0.25, 0.3) is 5.91 Å². The lowest BCUT2D eigenvalue weighted by molar-refractivity contribution is 0.102. The number of pyridine rings is 1. The van der Waals surface area contributed by atoms with Crippen LogP contribution < -0.4 is 11.1 Å². The van der Waals surface area contributed by atoms with Crippen LogP contribution in [-0.4, -0.2) is 36.3 Å². The zero-order valence-corrected chi connectivity index (χ0v) is 18.7. The van der Waals surface area contributed by atoms with Gasteiger partial charge in [-0.2, -0.15) is 10.6 Å². The average molecular weight is 467 g/mol. The number of rotatable bonds is 3. The Balaban J connectivity index is 1.72. The average Bonchev–Trinajstić information content (AvgIpc) is 2.67. The Morgan fingerprint density at radius 3 is 2.81 bits per heavy atom. The molecule has 10 heteroatoms. The largest absolute Gasteiger partial charge is 0.386 e. The first-order valence-corrected chi connectivity index (χ1v) is 11.9. The van der Waals surface area contributed by atoms with Crippen LogP contribution in [0.4, 0.5) is 10.1 Å². The topological polar surface area (TPSA) is 121 Å². The molecule has 0 radical (unpaired) electrons. The molecule has 0 spiro atoms. The lowest BCUT2D eigenvalue weighted by atomic mass is 9.84. The second-order valence-corrected chi connectivity index (χ2v) is 11.1. The normalized spacial score (nSPS) is 27.9. The summed E-state index contributed by atoms with van der Waals surface area (Å²) >= 11 is 5.90. The maximum atomic E-state index is 15.0. The van der Waals surface area contributed by atoms with Crippen molar-refractivity contribution in [3.63, 3.8) is 0 Å². The molecule has 7 nitrogen and oxygen atoms in total. The van der Waals surface area contributed by atoms with Gasteiger partial charge in [0.15, 0.2) is 0 Å². The van der Waals surface area contributed by atoms with Gasteiger partial charge >= 0.3 is 0 Å². The van der Waals surface area contributed by atoms with E-state index in [1.54, 1.807) is 19.9 Å². The minimum Gasteiger partial charge on any atom is -0.386 e. The van der Waals surface area contributed by atoms with Gasteiger partial charge in [0.2, 0.25) is 0 Å². The molecule has 2 bridgehead atoms. The Morgan fingerprint density at radius 1 is 1.35 bits per heavy atom. The van der Waals surface area contributed by atoms with Crippen molar-refractivity contribution in [2.45, 2.75) is 49.1 Å². The van der Waals surface area contributed by atoms with Gasteiger partial charge in [-0.05, 0) is 62.9 Å². The third kappa shape index (κ3) is 3.69. The van der Waals surface area contributed by atoms with Crippen LogP contribution in [0.1, 0.15) is 47.8 Å². The number of nitrogens with zero attached hydrogens (tertiary/aromatic N) is 2. The SMILES string of the molecule is Cc1cc(Cl)cnc1C(=O)Nc1ccc(F)c([C@@]2(C)N=C(N)[C@H]3CCC[C@H]2S3(O)O)c1. The number of hydrogen-bond donors (Lipinski definition) is 4. The minimum absolute atomic E-state index is 0.133. The van der Waals surface area contributed by atoms with E-state index < -0.39 is 38.4 Å². The Hall–Kier alpha value is -2.20. The number of aryl methyl sites for hydroxylation is 1. The highest BCUT2D eigenvalue weighted by molar-refractivity contribution is 8.26. The van der Waals surface area contributed by atoms with Gasteiger partial charge in [-0.1, -0.05) is 11.6 Å². The van der Waals surface area contributed by atoms with E-state index in [0.29, 0.717) is 29.1 Å². The van der Waals surface area contributed by atoms with E-state index in [2.05, 4.69) is 15.3 Å². The van der Waals surface area contributed by atoms with Gasteiger partial charge in [0.05, 0.1) is 10.3 Å². The van der Waals surface area contributed by atoms with Crippen molar-refractivity contribution in [2.24, 2.45) is 10.7 Å². The van der Waals surface area contributed by atoms with Crippen molar-refractivity contribution in [2.75, 3.05) is 5.32 Å². The smallest absolute Gasteiger partial charge is 0.274 e. The van der Waals surface area contributed by atoms with Crippen LogP contribution >= 0.6 is 22.2 Å². The van der Waals surface area contributed by atoms with Crippen LogP contribution in [0, 0.1) is 12.7 Å². The van der Waals surface area contributed by atoms with Crippen LogP contribution in [0.3, 0.4) is 0 Å². The highest BCUT2D eigenvalue weighted by atomic mass is 35.5. The van der Waals surface area contributed by atoms with Crippen molar-refractivity contribution in [1.29, 1.82) is 0 Å². The molecular weight excluding hydrogens is 443 g/mol. The van der Waals surface area contributed by atoms with E-state index >= 15 is 0 Å². The Kier molecular flexibility index (Phi) is 5.49. The Morgan fingerprint density at radius 2 is 2.10 bits per heavy atom. The van der Waals surface area contributed by atoms with Gasteiger partial charge in [-0.15, -0.1) is 0 Å². The number of amidine groups is 1. The summed E-state index contributed by atoms with van der Waals surface area (Å²) < 4.78 is 36.8. The predicted octanol–water partition coefficient (Wildman–Crippen LogP) is 4.69. The zero-order valence-electron chi connectivity index (χ0n) is 17.1. The van der Waals surface area contributed by atoms with Crippen molar-refractivity contribution in [3.8, 4) is 0 Å². The molecule has 0 saturated carbocycles. The molecule has 2 aliphatic heterocycles. The van der Waals surface area contributed by atoms with Crippen molar-refractivity contribution in [1.82, 2.24) is 4.98 Å². The summed E-state index contributed by atoms with van der Waals surface area (Å²) in [5.74, 6) is -0.893. The molecule has 2 aliphatic rings. The molecule has 166 valence electrons. The molecule has 0 unspecified atom stereocenters. The number of aromatic nitrogens is 1. The first kappa shape index (κ1) is 22.0. The maximum Gasteiger partial charge on any atom is 0.274 e. The van der Waals surface area contributed by atoms with E-state index in [9.17, 15) is 18.3 Å². The number of anilines is 1. The number of nitrogens with one attached hydrogen (secondary N) is 1. The molecule has 3 atom stereocenters. The van der Waals surface area contributed by atoms with Crippen LogP contribution in [0.5, 0.6) is 0 Å². The molecule has 1 fully saturated rings. The monoisotopic (exact) mass is 466 g/mol.